The molecule has 2 unspecified atom stereocenters. The maximum Gasteiger partial charge on any atom is 0.0475 e. The van der Waals surface area contributed by atoms with Crippen molar-refractivity contribution < 1.29 is 0 Å². The standard InChI is InChI=1S/C18H30N2/c1-13-10-15(3)17(11-14(13)2)18(12-19)20-9-7-5-6-8-16(20)4/h10-11,16,18H,5-9,12,19H2,1-4H3. The molecule has 0 spiro atoms. The molecule has 1 aliphatic heterocycles. The average Bonchev–Trinajstić information content (AvgIpc) is 2.62. The molecule has 20 heavy (non-hydrogen) atoms. The molecule has 2 atom stereocenters. The Bertz CT molecular complexity index is 453. The first-order chi connectivity index (χ1) is 9.54. The third kappa shape index (κ3) is 3.24. The molecule has 0 aliphatic carbocycles. The van der Waals surface area contributed by atoms with Gasteiger partial charge in [-0.1, -0.05) is 25.0 Å². The number of likely N-dealkylation sites (tertiary alicyclic amines) is 1. The second kappa shape index (κ2) is 6.73. The van der Waals surface area contributed by atoms with Gasteiger partial charge in [0.2, 0.25) is 0 Å². The fourth-order valence-corrected chi connectivity index (χ4v) is 3.54. The first kappa shape index (κ1) is 15.5. The Hall–Kier alpha value is -0.860. The van der Waals surface area contributed by atoms with E-state index in [1.165, 1.54) is 54.5 Å². The molecule has 1 heterocycles. The van der Waals surface area contributed by atoms with Crippen LogP contribution >= 0.6 is 0 Å². The molecule has 1 aromatic rings. The predicted octanol–water partition coefficient (Wildman–Crippen LogP) is 3.88. The Morgan fingerprint density at radius 2 is 1.80 bits per heavy atom. The van der Waals surface area contributed by atoms with Crippen molar-refractivity contribution >= 4 is 0 Å². The van der Waals surface area contributed by atoms with Crippen LogP contribution in [0.1, 0.15) is 60.9 Å². The minimum Gasteiger partial charge on any atom is -0.329 e. The van der Waals surface area contributed by atoms with E-state index in [9.17, 15) is 0 Å². The van der Waals surface area contributed by atoms with E-state index in [2.05, 4.69) is 44.7 Å². The van der Waals surface area contributed by atoms with Gasteiger partial charge in [0.1, 0.15) is 0 Å². The van der Waals surface area contributed by atoms with Gasteiger partial charge in [-0.2, -0.15) is 0 Å². The second-order valence-electron chi connectivity index (χ2n) is 6.48. The molecule has 2 N–H and O–H groups in total. The van der Waals surface area contributed by atoms with Crippen molar-refractivity contribution in [3.05, 3.63) is 34.4 Å². The van der Waals surface area contributed by atoms with E-state index in [1.54, 1.807) is 0 Å². The summed E-state index contributed by atoms with van der Waals surface area (Å²) in [6.45, 7) is 10.9. The number of rotatable bonds is 3. The van der Waals surface area contributed by atoms with Gasteiger partial charge in [0.05, 0.1) is 0 Å². The molecular formula is C18H30N2. The summed E-state index contributed by atoms with van der Waals surface area (Å²) in [6.07, 6.45) is 5.34. The molecule has 2 rings (SSSR count). The Morgan fingerprint density at radius 3 is 2.50 bits per heavy atom. The van der Waals surface area contributed by atoms with Crippen LogP contribution in [-0.2, 0) is 0 Å². The molecule has 0 bridgehead atoms. The SMILES string of the molecule is Cc1cc(C)c(C(CN)N2CCCCCC2C)cc1C. The lowest BCUT2D eigenvalue weighted by Gasteiger charge is -2.36. The van der Waals surface area contributed by atoms with E-state index in [0.717, 1.165) is 0 Å². The van der Waals surface area contributed by atoms with Crippen molar-refractivity contribution in [1.82, 2.24) is 4.90 Å². The minimum absolute atomic E-state index is 0.377. The zero-order valence-electron chi connectivity index (χ0n) is 13.6. The fraction of sp³-hybridized carbons (Fsp3) is 0.667. The number of hydrogen-bond acceptors (Lipinski definition) is 2. The van der Waals surface area contributed by atoms with Gasteiger partial charge in [-0.05, 0) is 69.3 Å². The van der Waals surface area contributed by atoms with Crippen LogP contribution in [0.3, 0.4) is 0 Å². The molecule has 1 aliphatic rings. The Kier molecular flexibility index (Phi) is 5.22. The summed E-state index contributed by atoms with van der Waals surface area (Å²) in [5.41, 5.74) is 11.7. The van der Waals surface area contributed by atoms with Gasteiger partial charge in [0.15, 0.2) is 0 Å². The van der Waals surface area contributed by atoms with Crippen LogP contribution in [0.15, 0.2) is 12.1 Å². The maximum atomic E-state index is 6.16. The minimum atomic E-state index is 0.377. The van der Waals surface area contributed by atoms with Crippen LogP contribution in [-0.4, -0.2) is 24.0 Å². The Morgan fingerprint density at radius 1 is 1.10 bits per heavy atom. The lowest BCUT2D eigenvalue weighted by Crippen LogP contribution is -2.40. The van der Waals surface area contributed by atoms with Crippen molar-refractivity contribution in [2.75, 3.05) is 13.1 Å². The van der Waals surface area contributed by atoms with Gasteiger partial charge >= 0.3 is 0 Å². The van der Waals surface area contributed by atoms with Gasteiger partial charge in [-0.15, -0.1) is 0 Å². The Labute approximate surface area is 124 Å². The molecule has 0 aromatic heterocycles. The smallest absolute Gasteiger partial charge is 0.0475 e. The summed E-state index contributed by atoms with van der Waals surface area (Å²) in [6, 6.07) is 5.70. The number of nitrogens with two attached hydrogens (primary N) is 1. The monoisotopic (exact) mass is 274 g/mol. The van der Waals surface area contributed by atoms with Crippen LogP contribution < -0.4 is 5.73 Å². The van der Waals surface area contributed by atoms with Crippen molar-refractivity contribution in [2.45, 2.75) is 65.5 Å². The van der Waals surface area contributed by atoms with Crippen molar-refractivity contribution in [1.29, 1.82) is 0 Å². The Balaban J connectivity index is 2.33. The second-order valence-corrected chi connectivity index (χ2v) is 6.48. The topological polar surface area (TPSA) is 29.3 Å². The van der Waals surface area contributed by atoms with E-state index in [4.69, 9.17) is 5.73 Å². The quantitative estimate of drug-likeness (QED) is 0.906. The summed E-state index contributed by atoms with van der Waals surface area (Å²) in [5.74, 6) is 0. The van der Waals surface area contributed by atoms with E-state index in [1.807, 2.05) is 0 Å². The first-order valence-electron chi connectivity index (χ1n) is 8.08. The third-order valence-electron chi connectivity index (χ3n) is 4.97. The summed E-state index contributed by atoms with van der Waals surface area (Å²) in [4.78, 5) is 2.64. The van der Waals surface area contributed by atoms with E-state index >= 15 is 0 Å². The van der Waals surface area contributed by atoms with E-state index in [0.29, 0.717) is 18.6 Å². The van der Waals surface area contributed by atoms with Crippen LogP contribution in [0.5, 0.6) is 0 Å². The van der Waals surface area contributed by atoms with Crippen LogP contribution in [0, 0.1) is 20.8 Å². The lowest BCUT2D eigenvalue weighted by molar-refractivity contribution is 0.150. The molecule has 0 amide bonds. The molecule has 1 aromatic carbocycles. The number of nitrogens with zero attached hydrogens (tertiary/aromatic N) is 1. The highest BCUT2D eigenvalue weighted by molar-refractivity contribution is 5.38. The fourth-order valence-electron chi connectivity index (χ4n) is 3.54. The number of hydrogen-bond donors (Lipinski definition) is 1. The summed E-state index contributed by atoms with van der Waals surface area (Å²) in [7, 11) is 0. The summed E-state index contributed by atoms with van der Waals surface area (Å²) < 4.78 is 0. The highest BCUT2D eigenvalue weighted by Crippen LogP contribution is 2.30. The molecule has 2 nitrogen and oxygen atoms in total. The normalized spacial score (nSPS) is 22.6. The largest absolute Gasteiger partial charge is 0.329 e. The van der Waals surface area contributed by atoms with Gasteiger partial charge < -0.3 is 5.73 Å². The van der Waals surface area contributed by atoms with Crippen molar-refractivity contribution in [2.24, 2.45) is 5.73 Å². The zero-order valence-corrected chi connectivity index (χ0v) is 13.6. The molecule has 0 saturated carbocycles. The van der Waals surface area contributed by atoms with Gasteiger partial charge in [0.25, 0.3) is 0 Å². The van der Waals surface area contributed by atoms with Crippen molar-refractivity contribution in [3.8, 4) is 0 Å². The molecule has 0 radical (unpaired) electrons. The van der Waals surface area contributed by atoms with Gasteiger partial charge in [-0.25, -0.2) is 0 Å². The number of benzene rings is 1. The molecule has 1 saturated heterocycles. The van der Waals surface area contributed by atoms with Crippen LogP contribution in [0.2, 0.25) is 0 Å². The average molecular weight is 274 g/mol. The third-order valence-corrected chi connectivity index (χ3v) is 4.97. The van der Waals surface area contributed by atoms with Crippen LogP contribution in [0.4, 0.5) is 0 Å². The van der Waals surface area contributed by atoms with Crippen molar-refractivity contribution in [3.63, 3.8) is 0 Å². The molecule has 2 heteroatoms. The summed E-state index contributed by atoms with van der Waals surface area (Å²) >= 11 is 0. The van der Waals surface area contributed by atoms with Gasteiger partial charge in [0, 0.05) is 18.6 Å². The highest BCUT2D eigenvalue weighted by atomic mass is 15.2. The zero-order chi connectivity index (χ0) is 14.7. The summed E-state index contributed by atoms with van der Waals surface area (Å²) in [5, 5.41) is 0. The van der Waals surface area contributed by atoms with Gasteiger partial charge in [-0.3, -0.25) is 4.90 Å². The number of aryl methyl sites for hydroxylation is 3. The van der Waals surface area contributed by atoms with Crippen LogP contribution in [0.25, 0.3) is 0 Å². The van der Waals surface area contributed by atoms with E-state index in [-0.39, 0.29) is 0 Å². The van der Waals surface area contributed by atoms with E-state index < -0.39 is 0 Å². The molecule has 112 valence electrons. The molecular weight excluding hydrogens is 244 g/mol. The first-order valence-corrected chi connectivity index (χ1v) is 8.08. The highest BCUT2D eigenvalue weighted by Gasteiger charge is 2.26. The maximum absolute atomic E-state index is 6.16. The lowest BCUT2D eigenvalue weighted by atomic mass is 9.94. The molecule has 1 fully saturated rings. The predicted molar refractivity (Wildman–Crippen MR) is 87.1 cm³/mol.